The van der Waals surface area contributed by atoms with Gasteiger partial charge < -0.3 is 20.3 Å². The Hall–Kier alpha value is -3.35. The number of methoxy groups -OCH3 is 1. The number of benzene rings is 3. The van der Waals surface area contributed by atoms with Gasteiger partial charge in [-0.2, -0.15) is 0 Å². The van der Waals surface area contributed by atoms with Crippen LogP contribution in [0.4, 0.5) is 5.69 Å². The average molecular weight is 494 g/mol. The minimum absolute atomic E-state index is 0. The first-order chi connectivity index (χ1) is 16.5. The summed E-state index contributed by atoms with van der Waals surface area (Å²) in [5, 5.41) is 7.96. The molecule has 0 spiro atoms. The number of carbonyl (C=O) groups excluding carboxylic acids is 2. The molecule has 0 aromatic heterocycles. The zero-order valence-corrected chi connectivity index (χ0v) is 21.2. The third-order valence-corrected chi connectivity index (χ3v) is 6.58. The quantitative estimate of drug-likeness (QED) is 0.509. The fourth-order valence-electron chi connectivity index (χ4n) is 4.47. The lowest BCUT2D eigenvalue weighted by atomic mass is 10.00. The summed E-state index contributed by atoms with van der Waals surface area (Å²) in [5.41, 5.74) is 3.91. The van der Waals surface area contributed by atoms with Crippen molar-refractivity contribution in [3.8, 4) is 5.75 Å². The van der Waals surface area contributed by atoms with Crippen molar-refractivity contribution in [1.82, 2.24) is 10.6 Å². The van der Waals surface area contributed by atoms with Gasteiger partial charge >= 0.3 is 0 Å². The summed E-state index contributed by atoms with van der Waals surface area (Å²) in [6.07, 6.45) is 3.06. The molecule has 1 heterocycles. The Morgan fingerprint density at radius 3 is 2.71 bits per heavy atom. The average Bonchev–Trinajstić information content (AvgIpc) is 3.00. The molecule has 4 rings (SSSR count). The lowest BCUT2D eigenvalue weighted by Crippen LogP contribution is -2.52. The molecule has 3 aromatic carbocycles. The van der Waals surface area contributed by atoms with Gasteiger partial charge in [0.25, 0.3) is 0 Å². The van der Waals surface area contributed by atoms with Gasteiger partial charge in [-0.1, -0.05) is 49.1 Å². The van der Waals surface area contributed by atoms with Crippen LogP contribution in [0.15, 0.2) is 61.2 Å². The molecule has 2 N–H and O–H groups in total. The van der Waals surface area contributed by atoms with Crippen LogP contribution in [0.5, 0.6) is 5.75 Å². The van der Waals surface area contributed by atoms with E-state index in [0.29, 0.717) is 19.4 Å². The Kier molecular flexibility index (Phi) is 8.54. The molecular weight excluding hydrogens is 462 g/mol. The maximum absolute atomic E-state index is 13.8. The van der Waals surface area contributed by atoms with Crippen LogP contribution in [-0.2, 0) is 22.6 Å². The number of nitrogens with zero attached hydrogens (tertiary/aromatic N) is 1. The SMILES string of the molecule is C=Cc1ccc2c(CN3C(=O)[C@@H](NC(=O)[C@H](C)NC)CCc4ccccc43)c(OC)ccc2c1.Cl. The molecule has 0 saturated carbocycles. The summed E-state index contributed by atoms with van der Waals surface area (Å²) in [6, 6.07) is 17.0. The van der Waals surface area contributed by atoms with Crippen LogP contribution < -0.4 is 20.3 Å². The highest BCUT2D eigenvalue weighted by Gasteiger charge is 2.32. The molecule has 0 radical (unpaired) electrons. The topological polar surface area (TPSA) is 70.7 Å². The fourth-order valence-corrected chi connectivity index (χ4v) is 4.47. The normalized spacial score (nSPS) is 16.0. The first-order valence-electron chi connectivity index (χ1n) is 11.6. The lowest BCUT2D eigenvalue weighted by Gasteiger charge is -2.28. The molecule has 184 valence electrons. The van der Waals surface area contributed by atoms with E-state index in [2.05, 4.69) is 23.3 Å². The molecule has 0 aliphatic carbocycles. The van der Waals surface area contributed by atoms with Crippen molar-refractivity contribution in [3.05, 3.63) is 77.9 Å². The van der Waals surface area contributed by atoms with Crippen molar-refractivity contribution in [2.45, 2.75) is 38.4 Å². The van der Waals surface area contributed by atoms with Crippen LogP contribution in [0.25, 0.3) is 16.8 Å². The predicted octanol–water partition coefficient (Wildman–Crippen LogP) is 4.49. The minimum Gasteiger partial charge on any atom is -0.496 e. The van der Waals surface area contributed by atoms with E-state index < -0.39 is 6.04 Å². The van der Waals surface area contributed by atoms with Gasteiger partial charge in [-0.05, 0) is 66.9 Å². The molecule has 35 heavy (non-hydrogen) atoms. The number of aryl methyl sites for hydroxylation is 1. The van der Waals surface area contributed by atoms with Crippen molar-refractivity contribution in [3.63, 3.8) is 0 Å². The van der Waals surface area contributed by atoms with E-state index in [-0.39, 0.29) is 30.3 Å². The maximum atomic E-state index is 13.8. The zero-order chi connectivity index (χ0) is 24.2. The Bertz CT molecular complexity index is 1240. The Balaban J connectivity index is 0.00000342. The molecule has 2 atom stereocenters. The van der Waals surface area contributed by atoms with Crippen LogP contribution in [0, 0.1) is 0 Å². The van der Waals surface area contributed by atoms with Gasteiger partial charge in [0, 0.05) is 11.3 Å². The third-order valence-electron chi connectivity index (χ3n) is 6.58. The van der Waals surface area contributed by atoms with Crippen molar-refractivity contribution in [1.29, 1.82) is 0 Å². The molecule has 0 saturated heterocycles. The van der Waals surface area contributed by atoms with E-state index in [9.17, 15) is 9.59 Å². The molecular formula is C28H32ClN3O3. The molecule has 0 bridgehead atoms. The highest BCUT2D eigenvalue weighted by molar-refractivity contribution is 6.01. The number of nitrogens with one attached hydrogen (secondary N) is 2. The van der Waals surface area contributed by atoms with Crippen LogP contribution in [0.1, 0.15) is 30.0 Å². The predicted molar refractivity (Wildman–Crippen MR) is 144 cm³/mol. The fraction of sp³-hybridized carbons (Fsp3) is 0.286. The van der Waals surface area contributed by atoms with Gasteiger partial charge in [-0.25, -0.2) is 0 Å². The summed E-state index contributed by atoms with van der Waals surface area (Å²) in [5.74, 6) is 0.410. The van der Waals surface area contributed by atoms with Crippen molar-refractivity contribution in [2.75, 3.05) is 19.1 Å². The second-order valence-electron chi connectivity index (χ2n) is 8.59. The number of fused-ring (bicyclic) bond motifs is 2. The van der Waals surface area contributed by atoms with Crippen LogP contribution in [0.2, 0.25) is 0 Å². The molecule has 1 aliphatic heterocycles. The molecule has 0 fully saturated rings. The second-order valence-corrected chi connectivity index (χ2v) is 8.59. The van der Waals surface area contributed by atoms with E-state index >= 15 is 0 Å². The van der Waals surface area contributed by atoms with Gasteiger partial charge in [0.05, 0.1) is 19.7 Å². The maximum Gasteiger partial charge on any atom is 0.249 e. The van der Waals surface area contributed by atoms with Crippen LogP contribution in [0.3, 0.4) is 0 Å². The monoisotopic (exact) mass is 493 g/mol. The van der Waals surface area contributed by atoms with E-state index in [4.69, 9.17) is 4.74 Å². The molecule has 7 heteroatoms. The summed E-state index contributed by atoms with van der Waals surface area (Å²) < 4.78 is 5.71. The number of hydrogen-bond donors (Lipinski definition) is 2. The van der Waals surface area contributed by atoms with Crippen molar-refractivity contribution >= 4 is 46.8 Å². The van der Waals surface area contributed by atoms with E-state index in [1.54, 1.807) is 26.0 Å². The summed E-state index contributed by atoms with van der Waals surface area (Å²) >= 11 is 0. The number of likely N-dealkylation sites (N-methyl/N-ethyl adjacent to an activating group) is 1. The highest BCUT2D eigenvalue weighted by atomic mass is 35.5. The number of anilines is 1. The smallest absolute Gasteiger partial charge is 0.249 e. The Morgan fingerprint density at radius 1 is 1.23 bits per heavy atom. The largest absolute Gasteiger partial charge is 0.496 e. The first kappa shape index (κ1) is 26.3. The second kappa shape index (κ2) is 11.4. The van der Waals surface area contributed by atoms with E-state index in [1.807, 2.05) is 54.6 Å². The third kappa shape index (κ3) is 5.34. The van der Waals surface area contributed by atoms with Gasteiger partial charge in [-0.15, -0.1) is 12.4 Å². The molecule has 1 aliphatic rings. The molecule has 3 aromatic rings. The Morgan fingerprint density at radius 2 is 2.00 bits per heavy atom. The number of ether oxygens (including phenoxy) is 1. The van der Waals surface area contributed by atoms with E-state index in [1.165, 1.54) is 0 Å². The number of carbonyl (C=O) groups is 2. The number of amides is 2. The molecule has 0 unspecified atom stereocenters. The van der Waals surface area contributed by atoms with Crippen molar-refractivity contribution < 1.29 is 14.3 Å². The van der Waals surface area contributed by atoms with Gasteiger partial charge in [0.15, 0.2) is 0 Å². The molecule has 6 nitrogen and oxygen atoms in total. The number of rotatable bonds is 7. The highest BCUT2D eigenvalue weighted by Crippen LogP contribution is 2.34. The summed E-state index contributed by atoms with van der Waals surface area (Å²) in [6.45, 7) is 5.98. The first-order valence-corrected chi connectivity index (χ1v) is 11.6. The standard InChI is InChI=1S/C28H31N3O3.ClH/c1-5-19-10-13-22-21(16-19)12-15-26(34-4)23(22)17-31-25-9-7-6-8-20(25)11-14-24(28(31)33)30-27(32)18(2)29-3;/h5-10,12-13,15-16,18,24,29H,1,11,14,17H2,2-4H3,(H,30,32);1H/t18-,24-;/m0./s1. The van der Waals surface area contributed by atoms with Gasteiger partial charge in [0.1, 0.15) is 11.8 Å². The summed E-state index contributed by atoms with van der Waals surface area (Å²) in [4.78, 5) is 28.2. The Labute approximate surface area is 212 Å². The minimum atomic E-state index is -0.607. The summed E-state index contributed by atoms with van der Waals surface area (Å²) in [7, 11) is 3.37. The number of halogens is 1. The van der Waals surface area contributed by atoms with Gasteiger partial charge in [-0.3, -0.25) is 9.59 Å². The molecule has 2 amide bonds. The number of para-hydroxylation sites is 1. The van der Waals surface area contributed by atoms with Crippen molar-refractivity contribution in [2.24, 2.45) is 0 Å². The lowest BCUT2D eigenvalue weighted by molar-refractivity contribution is -0.128. The zero-order valence-electron chi connectivity index (χ0n) is 20.3. The van der Waals surface area contributed by atoms with E-state index in [0.717, 1.165) is 38.9 Å². The van der Waals surface area contributed by atoms with Crippen LogP contribution >= 0.6 is 12.4 Å². The van der Waals surface area contributed by atoms with Crippen LogP contribution in [-0.4, -0.2) is 38.1 Å². The number of hydrogen-bond acceptors (Lipinski definition) is 4. The van der Waals surface area contributed by atoms with Gasteiger partial charge in [0.2, 0.25) is 11.8 Å².